The number of aromatic nitrogens is 2. The SMILES string of the molecule is CN=C(NCc1c(C)nn(C)c1C)N1CCN(C(=O)c2ccco2)CC1.I. The Kier molecular flexibility index (Phi) is 7.28. The highest BCUT2D eigenvalue weighted by atomic mass is 127. The van der Waals surface area contributed by atoms with Crippen LogP contribution in [-0.4, -0.2) is 64.7 Å². The van der Waals surface area contributed by atoms with Gasteiger partial charge < -0.3 is 19.5 Å². The second-order valence-electron chi connectivity index (χ2n) is 6.43. The zero-order chi connectivity index (χ0) is 18.7. The van der Waals surface area contributed by atoms with Crippen molar-refractivity contribution in [3.05, 3.63) is 41.1 Å². The van der Waals surface area contributed by atoms with Crippen molar-refractivity contribution in [2.45, 2.75) is 20.4 Å². The molecule has 0 aliphatic carbocycles. The molecule has 1 N–H and O–H groups in total. The Balaban J connectivity index is 0.00000261. The largest absolute Gasteiger partial charge is 0.459 e. The Morgan fingerprint density at radius 2 is 1.93 bits per heavy atom. The molecule has 0 radical (unpaired) electrons. The number of carbonyl (C=O) groups excluding carboxylic acids is 1. The predicted octanol–water partition coefficient (Wildman–Crippen LogP) is 1.78. The molecule has 0 bridgehead atoms. The summed E-state index contributed by atoms with van der Waals surface area (Å²) in [6, 6.07) is 3.44. The number of hydrogen-bond acceptors (Lipinski definition) is 4. The van der Waals surface area contributed by atoms with E-state index in [1.165, 1.54) is 11.8 Å². The molecule has 0 saturated carbocycles. The normalized spacial score (nSPS) is 14.9. The molecule has 3 rings (SSSR count). The van der Waals surface area contributed by atoms with Crippen molar-refractivity contribution >= 4 is 35.8 Å². The highest BCUT2D eigenvalue weighted by Crippen LogP contribution is 2.12. The van der Waals surface area contributed by atoms with Gasteiger partial charge in [-0.3, -0.25) is 14.5 Å². The van der Waals surface area contributed by atoms with E-state index in [0.717, 1.165) is 30.4 Å². The Bertz CT molecular complexity index is 791. The summed E-state index contributed by atoms with van der Waals surface area (Å²) in [4.78, 5) is 20.7. The number of furan rings is 1. The van der Waals surface area contributed by atoms with Gasteiger partial charge in [0.15, 0.2) is 11.7 Å². The standard InChI is InChI=1S/C18H26N6O2.HI/c1-13-15(14(2)22(4)21-13)12-20-18(19-3)24-9-7-23(8-10-24)17(25)16-6-5-11-26-16;/h5-6,11H,7-10,12H2,1-4H3,(H,19,20);1H. The molecule has 1 aliphatic rings. The Morgan fingerprint density at radius 3 is 2.44 bits per heavy atom. The molecule has 0 atom stereocenters. The summed E-state index contributed by atoms with van der Waals surface area (Å²) in [6.45, 7) is 7.53. The van der Waals surface area contributed by atoms with Crippen LogP contribution < -0.4 is 5.32 Å². The summed E-state index contributed by atoms with van der Waals surface area (Å²) in [6.07, 6.45) is 1.53. The van der Waals surface area contributed by atoms with Gasteiger partial charge in [0, 0.05) is 58.1 Å². The molecule has 1 saturated heterocycles. The fourth-order valence-corrected chi connectivity index (χ4v) is 3.25. The summed E-state index contributed by atoms with van der Waals surface area (Å²) < 4.78 is 7.10. The molecule has 9 heteroatoms. The van der Waals surface area contributed by atoms with E-state index in [1.54, 1.807) is 19.2 Å². The molecule has 3 heterocycles. The second-order valence-corrected chi connectivity index (χ2v) is 6.43. The topological polar surface area (TPSA) is 78.9 Å². The zero-order valence-corrected chi connectivity index (χ0v) is 18.6. The van der Waals surface area contributed by atoms with Crippen LogP contribution in [0.15, 0.2) is 27.8 Å². The van der Waals surface area contributed by atoms with Crippen molar-refractivity contribution in [2.24, 2.45) is 12.0 Å². The minimum Gasteiger partial charge on any atom is -0.459 e. The van der Waals surface area contributed by atoms with Crippen LogP contribution in [0.25, 0.3) is 0 Å². The van der Waals surface area contributed by atoms with Gasteiger partial charge in [0.2, 0.25) is 0 Å². The van der Waals surface area contributed by atoms with Crippen LogP contribution in [0.3, 0.4) is 0 Å². The smallest absolute Gasteiger partial charge is 0.289 e. The van der Waals surface area contributed by atoms with E-state index in [9.17, 15) is 4.79 Å². The van der Waals surface area contributed by atoms with Crippen LogP contribution in [0, 0.1) is 13.8 Å². The molecule has 0 aromatic carbocycles. The van der Waals surface area contributed by atoms with E-state index in [2.05, 4.69) is 27.2 Å². The second kappa shape index (κ2) is 9.25. The summed E-state index contributed by atoms with van der Waals surface area (Å²) in [5, 5.41) is 7.87. The van der Waals surface area contributed by atoms with E-state index in [-0.39, 0.29) is 29.9 Å². The van der Waals surface area contributed by atoms with Gasteiger partial charge in [0.05, 0.1) is 12.0 Å². The van der Waals surface area contributed by atoms with Gasteiger partial charge in [-0.15, -0.1) is 24.0 Å². The molecule has 27 heavy (non-hydrogen) atoms. The van der Waals surface area contributed by atoms with E-state index in [0.29, 0.717) is 25.4 Å². The monoisotopic (exact) mass is 486 g/mol. The summed E-state index contributed by atoms with van der Waals surface area (Å²) in [5.41, 5.74) is 3.38. The number of aryl methyl sites for hydroxylation is 2. The number of hydrogen-bond donors (Lipinski definition) is 1. The van der Waals surface area contributed by atoms with E-state index in [4.69, 9.17) is 4.42 Å². The molecule has 8 nitrogen and oxygen atoms in total. The first-order valence-corrected chi connectivity index (χ1v) is 8.78. The molecule has 1 amide bonds. The van der Waals surface area contributed by atoms with E-state index in [1.807, 2.05) is 23.6 Å². The molecular formula is C18H27IN6O2. The van der Waals surface area contributed by atoms with Gasteiger partial charge >= 0.3 is 0 Å². The maximum absolute atomic E-state index is 12.4. The van der Waals surface area contributed by atoms with Crippen molar-refractivity contribution in [3.8, 4) is 0 Å². The summed E-state index contributed by atoms with van der Waals surface area (Å²) in [5.74, 6) is 1.18. The number of guanidine groups is 1. The quantitative estimate of drug-likeness (QED) is 0.407. The van der Waals surface area contributed by atoms with Crippen LogP contribution in [0.4, 0.5) is 0 Å². The molecule has 1 aliphatic heterocycles. The molecule has 1 fully saturated rings. The Morgan fingerprint density at radius 1 is 1.26 bits per heavy atom. The van der Waals surface area contributed by atoms with Crippen LogP contribution in [-0.2, 0) is 13.6 Å². The number of rotatable bonds is 3. The van der Waals surface area contributed by atoms with Crippen molar-refractivity contribution in [1.29, 1.82) is 0 Å². The lowest BCUT2D eigenvalue weighted by molar-refractivity contribution is 0.0657. The van der Waals surface area contributed by atoms with Gasteiger partial charge in [0.25, 0.3) is 5.91 Å². The van der Waals surface area contributed by atoms with Gasteiger partial charge in [-0.05, 0) is 26.0 Å². The molecule has 0 spiro atoms. The van der Waals surface area contributed by atoms with Crippen molar-refractivity contribution in [1.82, 2.24) is 24.9 Å². The minimum atomic E-state index is -0.0563. The Labute approximate surface area is 176 Å². The number of piperazine rings is 1. The third kappa shape index (κ3) is 4.63. The van der Waals surface area contributed by atoms with Crippen molar-refractivity contribution in [3.63, 3.8) is 0 Å². The molecule has 2 aromatic heterocycles. The first-order valence-electron chi connectivity index (χ1n) is 8.78. The average Bonchev–Trinajstić information content (AvgIpc) is 3.26. The molecule has 0 unspecified atom stereocenters. The first-order chi connectivity index (χ1) is 12.5. The van der Waals surface area contributed by atoms with Gasteiger partial charge in [-0.25, -0.2) is 0 Å². The fraction of sp³-hybridized carbons (Fsp3) is 0.500. The zero-order valence-electron chi connectivity index (χ0n) is 16.2. The lowest BCUT2D eigenvalue weighted by Gasteiger charge is -2.36. The van der Waals surface area contributed by atoms with Crippen LogP contribution >= 0.6 is 24.0 Å². The predicted molar refractivity (Wildman–Crippen MR) is 114 cm³/mol. The number of aliphatic imine (C=N–C) groups is 1. The summed E-state index contributed by atoms with van der Waals surface area (Å²) in [7, 11) is 3.74. The molecule has 2 aromatic rings. The number of amides is 1. The number of carbonyl (C=O) groups is 1. The van der Waals surface area contributed by atoms with Gasteiger partial charge in [-0.2, -0.15) is 5.10 Å². The van der Waals surface area contributed by atoms with E-state index < -0.39 is 0 Å². The summed E-state index contributed by atoms with van der Waals surface area (Å²) >= 11 is 0. The fourth-order valence-electron chi connectivity index (χ4n) is 3.25. The van der Waals surface area contributed by atoms with Crippen LogP contribution in [0.2, 0.25) is 0 Å². The van der Waals surface area contributed by atoms with Gasteiger partial charge in [-0.1, -0.05) is 0 Å². The third-order valence-corrected chi connectivity index (χ3v) is 4.89. The third-order valence-electron chi connectivity index (χ3n) is 4.89. The van der Waals surface area contributed by atoms with Crippen molar-refractivity contribution < 1.29 is 9.21 Å². The first kappa shape index (κ1) is 21.3. The highest BCUT2D eigenvalue weighted by molar-refractivity contribution is 14.0. The maximum atomic E-state index is 12.4. The number of nitrogens with one attached hydrogen (secondary N) is 1. The van der Waals surface area contributed by atoms with Crippen molar-refractivity contribution in [2.75, 3.05) is 33.2 Å². The van der Waals surface area contributed by atoms with E-state index >= 15 is 0 Å². The van der Waals surface area contributed by atoms with Crippen LogP contribution in [0.1, 0.15) is 27.5 Å². The highest BCUT2D eigenvalue weighted by Gasteiger charge is 2.25. The lowest BCUT2D eigenvalue weighted by atomic mass is 10.2. The lowest BCUT2D eigenvalue weighted by Crippen LogP contribution is -2.53. The minimum absolute atomic E-state index is 0. The van der Waals surface area contributed by atoms with Gasteiger partial charge in [0.1, 0.15) is 0 Å². The maximum Gasteiger partial charge on any atom is 0.289 e. The number of nitrogens with zero attached hydrogens (tertiary/aromatic N) is 5. The van der Waals surface area contributed by atoms with Crippen LogP contribution in [0.5, 0.6) is 0 Å². The molecule has 148 valence electrons. The average molecular weight is 486 g/mol. The Hall–Kier alpha value is -2.04. The number of halogens is 1. The molecular weight excluding hydrogens is 459 g/mol.